The van der Waals surface area contributed by atoms with Crippen molar-refractivity contribution in [2.75, 3.05) is 6.61 Å². The van der Waals surface area contributed by atoms with Crippen LogP contribution in [-0.2, 0) is 14.3 Å². The minimum absolute atomic E-state index is 0.310. The van der Waals surface area contributed by atoms with Gasteiger partial charge in [0, 0.05) is 0 Å². The summed E-state index contributed by atoms with van der Waals surface area (Å²) in [4.78, 5) is 22.5. The van der Waals surface area contributed by atoms with E-state index in [0.717, 1.165) is 6.08 Å². The van der Waals surface area contributed by atoms with Crippen LogP contribution >= 0.6 is 0 Å². The van der Waals surface area contributed by atoms with Gasteiger partial charge in [0.15, 0.2) is 0 Å². The fraction of sp³-hybridized carbons (Fsp3) is 0.636. The van der Waals surface area contributed by atoms with E-state index in [1.807, 2.05) is 13.8 Å². The molecule has 4 nitrogen and oxygen atoms in total. The van der Waals surface area contributed by atoms with Crippen molar-refractivity contribution in [2.45, 2.75) is 33.2 Å². The summed E-state index contributed by atoms with van der Waals surface area (Å²) >= 11 is 0. The van der Waals surface area contributed by atoms with Gasteiger partial charge in [0.05, 0.1) is 6.61 Å². The van der Waals surface area contributed by atoms with Crippen molar-refractivity contribution in [3.8, 4) is 0 Å². The van der Waals surface area contributed by atoms with Crippen LogP contribution in [0.5, 0.6) is 0 Å². The molecule has 0 spiro atoms. The molecular weight excluding hydrogens is 194 g/mol. The molecule has 0 saturated carbocycles. The first-order chi connectivity index (χ1) is 7.01. The first kappa shape index (κ1) is 13.7. The molecule has 15 heavy (non-hydrogen) atoms. The Morgan fingerprint density at radius 1 is 1.47 bits per heavy atom. The Morgan fingerprint density at radius 2 is 2.07 bits per heavy atom. The molecule has 0 radical (unpaired) electrons. The van der Waals surface area contributed by atoms with E-state index in [1.165, 1.54) is 0 Å². The van der Waals surface area contributed by atoms with E-state index < -0.39 is 6.04 Å². The summed E-state index contributed by atoms with van der Waals surface area (Å²) in [5.41, 5.74) is 0. The number of carbonyl (C=O) groups excluding carboxylic acids is 2. The summed E-state index contributed by atoms with van der Waals surface area (Å²) in [6.45, 7) is 9.34. The summed E-state index contributed by atoms with van der Waals surface area (Å²) in [6, 6.07) is -0.574. The number of amides is 1. The fourth-order valence-corrected chi connectivity index (χ4v) is 1.16. The van der Waals surface area contributed by atoms with E-state index in [0.29, 0.717) is 18.9 Å². The Kier molecular flexibility index (Phi) is 6.42. The maximum atomic E-state index is 11.5. The molecular formula is C11H19NO3. The average Bonchev–Trinajstić information content (AvgIpc) is 2.16. The van der Waals surface area contributed by atoms with Crippen LogP contribution in [0.1, 0.15) is 27.2 Å². The van der Waals surface area contributed by atoms with Gasteiger partial charge in [0.1, 0.15) is 6.04 Å². The highest BCUT2D eigenvalue weighted by atomic mass is 16.5. The largest absolute Gasteiger partial charge is 0.464 e. The first-order valence-electron chi connectivity index (χ1n) is 5.10. The third-order valence-corrected chi connectivity index (χ3v) is 1.78. The smallest absolute Gasteiger partial charge is 0.328 e. The Balaban J connectivity index is 4.35. The molecule has 86 valence electrons. The lowest BCUT2D eigenvalue weighted by Crippen LogP contribution is -2.41. The highest BCUT2D eigenvalue weighted by molar-refractivity contribution is 5.91. The van der Waals surface area contributed by atoms with Gasteiger partial charge in [-0.1, -0.05) is 20.4 Å². The van der Waals surface area contributed by atoms with Crippen LogP contribution in [0.25, 0.3) is 0 Å². The number of carbonyl (C=O) groups is 2. The van der Waals surface area contributed by atoms with Gasteiger partial charge >= 0.3 is 5.97 Å². The minimum Gasteiger partial charge on any atom is -0.464 e. The van der Waals surface area contributed by atoms with E-state index in [4.69, 9.17) is 4.74 Å². The van der Waals surface area contributed by atoms with Crippen molar-refractivity contribution < 1.29 is 14.3 Å². The van der Waals surface area contributed by atoms with Gasteiger partial charge in [-0.15, -0.1) is 0 Å². The molecule has 0 heterocycles. The molecule has 0 aromatic rings. The molecule has 0 saturated heterocycles. The molecule has 1 atom stereocenters. The second-order valence-electron chi connectivity index (χ2n) is 3.65. The van der Waals surface area contributed by atoms with Crippen LogP contribution in [0, 0.1) is 5.92 Å². The van der Waals surface area contributed by atoms with Crippen molar-refractivity contribution in [1.82, 2.24) is 5.32 Å². The maximum Gasteiger partial charge on any atom is 0.328 e. The molecule has 1 amide bonds. The zero-order valence-corrected chi connectivity index (χ0v) is 9.58. The SMILES string of the molecule is C=CC(=O)N[C@@H](CC(C)C)C(=O)OCC. The molecule has 0 aliphatic carbocycles. The predicted octanol–water partition coefficient (Wildman–Crippen LogP) is 1.27. The van der Waals surface area contributed by atoms with Crippen molar-refractivity contribution in [1.29, 1.82) is 0 Å². The Bertz CT molecular complexity index is 236. The maximum absolute atomic E-state index is 11.5. The van der Waals surface area contributed by atoms with Gasteiger partial charge in [-0.25, -0.2) is 4.79 Å². The van der Waals surface area contributed by atoms with Gasteiger partial charge in [0.25, 0.3) is 0 Å². The van der Waals surface area contributed by atoms with Crippen molar-refractivity contribution in [2.24, 2.45) is 5.92 Å². The quantitative estimate of drug-likeness (QED) is 0.534. The number of rotatable bonds is 6. The van der Waals surface area contributed by atoms with Crippen molar-refractivity contribution in [3.05, 3.63) is 12.7 Å². The summed E-state index contributed by atoms with van der Waals surface area (Å²) in [6.07, 6.45) is 1.71. The fourth-order valence-electron chi connectivity index (χ4n) is 1.16. The molecule has 0 rings (SSSR count). The number of nitrogens with one attached hydrogen (secondary N) is 1. The lowest BCUT2D eigenvalue weighted by Gasteiger charge is -2.17. The lowest BCUT2D eigenvalue weighted by molar-refractivity contribution is -0.147. The van der Waals surface area contributed by atoms with Crippen LogP contribution in [-0.4, -0.2) is 24.5 Å². The van der Waals surface area contributed by atoms with Crippen LogP contribution in [0.3, 0.4) is 0 Å². The van der Waals surface area contributed by atoms with Gasteiger partial charge in [-0.2, -0.15) is 0 Å². The van der Waals surface area contributed by atoms with Gasteiger partial charge in [-0.3, -0.25) is 4.79 Å². The number of hydrogen-bond donors (Lipinski definition) is 1. The zero-order chi connectivity index (χ0) is 11.8. The van der Waals surface area contributed by atoms with Crippen LogP contribution in [0.2, 0.25) is 0 Å². The monoisotopic (exact) mass is 213 g/mol. The molecule has 0 aromatic carbocycles. The van der Waals surface area contributed by atoms with Crippen molar-refractivity contribution >= 4 is 11.9 Å². The molecule has 0 aliphatic heterocycles. The minimum atomic E-state index is -0.574. The second kappa shape index (κ2) is 7.04. The molecule has 0 aromatic heterocycles. The van der Waals surface area contributed by atoms with Gasteiger partial charge in [0.2, 0.25) is 5.91 Å². The Hall–Kier alpha value is -1.32. The molecule has 0 bridgehead atoms. The average molecular weight is 213 g/mol. The third kappa shape index (κ3) is 5.88. The predicted molar refractivity (Wildman–Crippen MR) is 58.2 cm³/mol. The molecule has 0 unspecified atom stereocenters. The Morgan fingerprint density at radius 3 is 2.47 bits per heavy atom. The summed E-state index contributed by atoms with van der Waals surface area (Å²) in [5, 5.41) is 2.55. The van der Waals surface area contributed by atoms with Crippen LogP contribution in [0.15, 0.2) is 12.7 Å². The summed E-state index contributed by atoms with van der Waals surface area (Å²) in [5.74, 6) is -0.431. The summed E-state index contributed by atoms with van der Waals surface area (Å²) < 4.78 is 4.86. The van der Waals surface area contributed by atoms with Crippen LogP contribution < -0.4 is 5.32 Å². The van der Waals surface area contributed by atoms with Gasteiger partial charge in [-0.05, 0) is 25.3 Å². The van der Waals surface area contributed by atoms with E-state index in [2.05, 4.69) is 11.9 Å². The standard InChI is InChI=1S/C11H19NO3/c1-5-10(13)12-9(7-8(3)4)11(14)15-6-2/h5,8-9H,1,6-7H2,2-4H3,(H,12,13)/t9-/m0/s1. The normalized spacial score (nSPS) is 12.0. The van der Waals surface area contributed by atoms with E-state index >= 15 is 0 Å². The lowest BCUT2D eigenvalue weighted by atomic mass is 10.0. The second-order valence-corrected chi connectivity index (χ2v) is 3.65. The Labute approximate surface area is 90.7 Å². The molecule has 0 aliphatic rings. The van der Waals surface area contributed by atoms with E-state index in [9.17, 15) is 9.59 Å². The topological polar surface area (TPSA) is 55.4 Å². The number of ether oxygens (including phenoxy) is 1. The molecule has 4 heteroatoms. The first-order valence-corrected chi connectivity index (χ1v) is 5.10. The molecule has 1 N–H and O–H groups in total. The summed E-state index contributed by atoms with van der Waals surface area (Å²) in [7, 11) is 0. The molecule has 0 fully saturated rings. The highest BCUT2D eigenvalue weighted by Gasteiger charge is 2.21. The third-order valence-electron chi connectivity index (χ3n) is 1.78. The van der Waals surface area contributed by atoms with Crippen LogP contribution in [0.4, 0.5) is 0 Å². The van der Waals surface area contributed by atoms with E-state index in [1.54, 1.807) is 6.92 Å². The van der Waals surface area contributed by atoms with Crippen molar-refractivity contribution in [3.63, 3.8) is 0 Å². The number of hydrogen-bond acceptors (Lipinski definition) is 3. The van der Waals surface area contributed by atoms with E-state index in [-0.39, 0.29) is 11.9 Å². The van der Waals surface area contributed by atoms with Gasteiger partial charge < -0.3 is 10.1 Å². The zero-order valence-electron chi connectivity index (χ0n) is 9.58. The highest BCUT2D eigenvalue weighted by Crippen LogP contribution is 2.06. The number of esters is 1.